The molecule has 0 unspecified atom stereocenters. The minimum Gasteiger partial charge on any atom is -0.383 e. The number of likely N-dealkylation sites (tertiary alicyclic amines) is 2. The van der Waals surface area contributed by atoms with Crippen LogP contribution in [0.15, 0.2) is 36.5 Å². The van der Waals surface area contributed by atoms with Crippen molar-refractivity contribution in [2.45, 2.75) is 44.4 Å². The number of nitrogens with zero attached hydrogens (tertiary/aromatic N) is 4. The van der Waals surface area contributed by atoms with Gasteiger partial charge < -0.3 is 5.11 Å². The summed E-state index contributed by atoms with van der Waals surface area (Å²) in [6.45, 7) is 7.04. The number of aryl methyl sites for hydroxylation is 1. The minimum atomic E-state index is -0.758. The molecule has 0 aliphatic carbocycles. The lowest BCUT2D eigenvalue weighted by molar-refractivity contribution is -0.0959. The SMILES string of the molecule is Cc1c(CN2CC[C@@](O)(c3ccccc3)[C@H](N3CCCC3)C2)cnn1C. The lowest BCUT2D eigenvalue weighted by Crippen LogP contribution is -2.60. The Bertz CT molecular complexity index is 738. The second-order valence-electron chi connectivity index (χ2n) is 7.91. The smallest absolute Gasteiger partial charge is 0.108 e. The average molecular weight is 354 g/mol. The topological polar surface area (TPSA) is 44.5 Å². The van der Waals surface area contributed by atoms with E-state index in [-0.39, 0.29) is 6.04 Å². The Balaban J connectivity index is 1.58. The Morgan fingerprint density at radius 3 is 2.54 bits per heavy atom. The second-order valence-corrected chi connectivity index (χ2v) is 7.91. The third-order valence-electron chi connectivity index (χ3n) is 6.38. The van der Waals surface area contributed by atoms with Gasteiger partial charge in [0.05, 0.1) is 12.2 Å². The molecule has 0 bridgehead atoms. The molecule has 5 nitrogen and oxygen atoms in total. The first-order valence-corrected chi connectivity index (χ1v) is 9.80. The quantitative estimate of drug-likeness (QED) is 0.915. The number of aliphatic hydroxyl groups is 1. The van der Waals surface area contributed by atoms with Crippen LogP contribution in [0.2, 0.25) is 0 Å². The molecule has 2 aromatic rings. The standard InChI is InChI=1S/C21H30N4O/c1-17-18(14-22-23(17)2)15-24-13-10-21(26,19-8-4-3-5-9-19)20(16-24)25-11-6-7-12-25/h3-5,8-9,14,20,26H,6-7,10-13,15-16H2,1-2H3/t20-,21-/m1/s1. The number of rotatable bonds is 4. The van der Waals surface area contributed by atoms with E-state index in [2.05, 4.69) is 34.0 Å². The third-order valence-corrected chi connectivity index (χ3v) is 6.38. The Labute approximate surface area is 156 Å². The maximum atomic E-state index is 11.7. The molecular weight excluding hydrogens is 324 g/mol. The summed E-state index contributed by atoms with van der Waals surface area (Å²) in [5.74, 6) is 0. The molecule has 26 heavy (non-hydrogen) atoms. The van der Waals surface area contributed by atoms with Crippen molar-refractivity contribution in [2.24, 2.45) is 7.05 Å². The monoisotopic (exact) mass is 354 g/mol. The molecule has 0 amide bonds. The highest BCUT2D eigenvalue weighted by Crippen LogP contribution is 2.37. The van der Waals surface area contributed by atoms with Gasteiger partial charge >= 0.3 is 0 Å². The van der Waals surface area contributed by atoms with E-state index in [1.54, 1.807) is 0 Å². The first-order valence-electron chi connectivity index (χ1n) is 9.80. The van der Waals surface area contributed by atoms with E-state index in [0.29, 0.717) is 0 Å². The van der Waals surface area contributed by atoms with Gasteiger partial charge in [0.15, 0.2) is 0 Å². The first-order chi connectivity index (χ1) is 12.6. The van der Waals surface area contributed by atoms with Gasteiger partial charge in [0.25, 0.3) is 0 Å². The maximum absolute atomic E-state index is 11.7. The van der Waals surface area contributed by atoms with E-state index in [0.717, 1.165) is 44.7 Å². The molecule has 1 N–H and O–H groups in total. The molecule has 5 heteroatoms. The van der Waals surface area contributed by atoms with Crippen molar-refractivity contribution in [2.75, 3.05) is 26.2 Å². The molecule has 4 rings (SSSR count). The molecule has 2 atom stereocenters. The Hall–Kier alpha value is -1.69. The van der Waals surface area contributed by atoms with E-state index in [4.69, 9.17) is 0 Å². The van der Waals surface area contributed by atoms with Crippen LogP contribution in [0.5, 0.6) is 0 Å². The fraction of sp³-hybridized carbons (Fsp3) is 0.571. The zero-order chi connectivity index (χ0) is 18.1. The summed E-state index contributed by atoms with van der Waals surface area (Å²) < 4.78 is 1.94. The number of hydrogen-bond donors (Lipinski definition) is 1. The molecule has 2 aliphatic heterocycles. The van der Waals surface area contributed by atoms with Gasteiger partial charge in [0.1, 0.15) is 5.60 Å². The van der Waals surface area contributed by atoms with Crippen molar-refractivity contribution in [3.05, 3.63) is 53.3 Å². The summed E-state index contributed by atoms with van der Waals surface area (Å²) in [7, 11) is 2.00. The van der Waals surface area contributed by atoms with E-state index < -0.39 is 5.60 Å². The molecule has 1 aromatic carbocycles. The van der Waals surface area contributed by atoms with Gasteiger partial charge in [0, 0.05) is 37.9 Å². The summed E-state index contributed by atoms with van der Waals surface area (Å²) in [5, 5.41) is 16.1. The first kappa shape index (κ1) is 17.7. The second kappa shape index (κ2) is 7.14. The van der Waals surface area contributed by atoms with Gasteiger partial charge in [0.2, 0.25) is 0 Å². The molecule has 2 saturated heterocycles. The van der Waals surface area contributed by atoms with Crippen LogP contribution in [0.3, 0.4) is 0 Å². The van der Waals surface area contributed by atoms with Gasteiger partial charge in [-0.05, 0) is 44.8 Å². The van der Waals surface area contributed by atoms with Crippen LogP contribution < -0.4 is 0 Å². The summed E-state index contributed by atoms with van der Waals surface area (Å²) in [6.07, 6.45) is 5.24. The van der Waals surface area contributed by atoms with Crippen molar-refractivity contribution >= 4 is 0 Å². The molecule has 0 spiro atoms. The molecule has 0 saturated carbocycles. The van der Waals surface area contributed by atoms with Crippen molar-refractivity contribution in [3.63, 3.8) is 0 Å². The van der Waals surface area contributed by atoms with E-state index in [9.17, 15) is 5.11 Å². The number of aromatic nitrogens is 2. The third kappa shape index (κ3) is 3.20. The van der Waals surface area contributed by atoms with Gasteiger partial charge in [-0.2, -0.15) is 5.10 Å². The summed E-state index contributed by atoms with van der Waals surface area (Å²) >= 11 is 0. The fourth-order valence-electron chi connectivity index (χ4n) is 4.60. The molecular formula is C21H30N4O. The number of hydrogen-bond acceptors (Lipinski definition) is 4. The van der Waals surface area contributed by atoms with E-state index >= 15 is 0 Å². The van der Waals surface area contributed by atoms with Crippen LogP contribution in [0.4, 0.5) is 0 Å². The molecule has 1 aromatic heterocycles. The zero-order valence-electron chi connectivity index (χ0n) is 15.9. The predicted octanol–water partition coefficient (Wildman–Crippen LogP) is 2.29. The Morgan fingerprint density at radius 2 is 1.88 bits per heavy atom. The molecule has 2 fully saturated rings. The molecule has 2 aliphatic rings. The van der Waals surface area contributed by atoms with Gasteiger partial charge in [-0.3, -0.25) is 14.5 Å². The number of piperidine rings is 1. The van der Waals surface area contributed by atoms with Gasteiger partial charge in [-0.25, -0.2) is 0 Å². The summed E-state index contributed by atoms with van der Waals surface area (Å²) in [4.78, 5) is 5.00. The lowest BCUT2D eigenvalue weighted by Gasteiger charge is -2.48. The van der Waals surface area contributed by atoms with Gasteiger partial charge in [-0.1, -0.05) is 30.3 Å². The van der Waals surface area contributed by atoms with Crippen LogP contribution in [-0.2, 0) is 19.2 Å². The van der Waals surface area contributed by atoms with Crippen LogP contribution in [0.25, 0.3) is 0 Å². The normalized spacial score (nSPS) is 27.9. The summed E-state index contributed by atoms with van der Waals surface area (Å²) in [5.41, 5.74) is 2.82. The predicted molar refractivity (Wildman–Crippen MR) is 103 cm³/mol. The zero-order valence-corrected chi connectivity index (χ0v) is 15.9. The molecule has 0 radical (unpaired) electrons. The highest BCUT2D eigenvalue weighted by atomic mass is 16.3. The fourth-order valence-corrected chi connectivity index (χ4v) is 4.60. The summed E-state index contributed by atoms with van der Waals surface area (Å²) in [6, 6.07) is 10.4. The Morgan fingerprint density at radius 1 is 1.15 bits per heavy atom. The van der Waals surface area contributed by atoms with Crippen LogP contribution in [0, 0.1) is 6.92 Å². The van der Waals surface area contributed by atoms with Crippen molar-refractivity contribution in [1.82, 2.24) is 19.6 Å². The largest absolute Gasteiger partial charge is 0.383 e. The van der Waals surface area contributed by atoms with Crippen LogP contribution in [-0.4, -0.2) is 56.9 Å². The molecule has 140 valence electrons. The molecule has 3 heterocycles. The maximum Gasteiger partial charge on any atom is 0.108 e. The minimum absolute atomic E-state index is 0.151. The Kier molecular flexibility index (Phi) is 4.86. The average Bonchev–Trinajstić information content (AvgIpc) is 3.30. The number of benzene rings is 1. The van der Waals surface area contributed by atoms with E-state index in [1.807, 2.05) is 36.1 Å². The highest BCUT2D eigenvalue weighted by molar-refractivity contribution is 5.26. The van der Waals surface area contributed by atoms with Gasteiger partial charge in [-0.15, -0.1) is 0 Å². The van der Waals surface area contributed by atoms with Crippen molar-refractivity contribution < 1.29 is 5.11 Å². The van der Waals surface area contributed by atoms with Crippen LogP contribution in [0.1, 0.15) is 36.1 Å². The lowest BCUT2D eigenvalue weighted by atomic mass is 9.79. The van der Waals surface area contributed by atoms with Crippen molar-refractivity contribution in [1.29, 1.82) is 0 Å². The highest BCUT2D eigenvalue weighted by Gasteiger charge is 2.46. The van der Waals surface area contributed by atoms with Crippen molar-refractivity contribution in [3.8, 4) is 0 Å². The van der Waals surface area contributed by atoms with Crippen LogP contribution >= 0.6 is 0 Å². The van der Waals surface area contributed by atoms with E-state index in [1.165, 1.54) is 24.1 Å².